The number of carbonyl (C=O) groups excluding carboxylic acids is 2. The summed E-state index contributed by atoms with van der Waals surface area (Å²) >= 11 is 0.845. The first-order chi connectivity index (χ1) is 18.1. The first-order valence-corrected chi connectivity index (χ1v) is 12.6. The largest absolute Gasteiger partial charge is 0.439 e. The molecule has 2 fully saturated rings. The predicted molar refractivity (Wildman–Crippen MR) is 141 cm³/mol. The molecule has 6 rings (SSSR count). The third kappa shape index (κ3) is 5.12. The number of fused-ring (bicyclic) bond motifs is 1. The number of thioether (sulfide) groups is 1. The Morgan fingerprint density at radius 1 is 0.919 bits per heavy atom. The highest BCUT2D eigenvalue weighted by Gasteiger charge is 2.26. The number of nitrogens with one attached hydrogen (secondary N) is 1. The van der Waals surface area contributed by atoms with Crippen molar-refractivity contribution < 1.29 is 18.7 Å². The third-order valence-corrected chi connectivity index (χ3v) is 6.74. The Morgan fingerprint density at radius 3 is 2.51 bits per heavy atom. The lowest BCUT2D eigenvalue weighted by Gasteiger charge is -2.22. The molecule has 2 aliphatic rings. The van der Waals surface area contributed by atoms with Crippen LogP contribution in [0.25, 0.3) is 17.2 Å². The number of carbonyl (C=O) groups is 2. The molecule has 2 amide bonds. The fraction of sp³-hybridized carbons (Fsp3) is 0.192. The SMILES string of the molecule is O=C1NC(=O)/C(=C/c2cc(Oc3ccccc3)nc(N3CCCN(c4nc5ccccc5o4)CC3)n2)S1. The van der Waals surface area contributed by atoms with Gasteiger partial charge in [-0.1, -0.05) is 30.3 Å². The number of anilines is 2. The summed E-state index contributed by atoms with van der Waals surface area (Å²) in [5.41, 5.74) is 2.07. The summed E-state index contributed by atoms with van der Waals surface area (Å²) in [5, 5.41) is 1.86. The van der Waals surface area contributed by atoms with Crippen LogP contribution in [0, 0.1) is 0 Å². The van der Waals surface area contributed by atoms with Crippen molar-refractivity contribution in [2.24, 2.45) is 0 Å². The molecule has 0 aliphatic carbocycles. The van der Waals surface area contributed by atoms with E-state index in [0.717, 1.165) is 42.4 Å². The fourth-order valence-electron chi connectivity index (χ4n) is 4.17. The summed E-state index contributed by atoms with van der Waals surface area (Å²) in [6.07, 6.45) is 2.42. The molecule has 37 heavy (non-hydrogen) atoms. The van der Waals surface area contributed by atoms with E-state index < -0.39 is 11.1 Å². The summed E-state index contributed by atoms with van der Waals surface area (Å²) in [6, 6.07) is 19.3. The average Bonchev–Trinajstić information content (AvgIpc) is 3.36. The van der Waals surface area contributed by atoms with Gasteiger partial charge in [0.25, 0.3) is 17.2 Å². The second-order valence-corrected chi connectivity index (χ2v) is 9.50. The van der Waals surface area contributed by atoms with Gasteiger partial charge in [0.2, 0.25) is 11.8 Å². The highest BCUT2D eigenvalue weighted by Crippen LogP contribution is 2.29. The number of hydrogen-bond donors (Lipinski definition) is 1. The Morgan fingerprint density at radius 2 is 1.70 bits per heavy atom. The zero-order valence-electron chi connectivity index (χ0n) is 19.7. The van der Waals surface area contributed by atoms with Gasteiger partial charge in [-0.3, -0.25) is 14.9 Å². The van der Waals surface area contributed by atoms with E-state index in [0.29, 0.717) is 42.4 Å². The van der Waals surface area contributed by atoms with E-state index in [1.807, 2.05) is 54.6 Å². The molecule has 0 bridgehead atoms. The van der Waals surface area contributed by atoms with Crippen molar-refractivity contribution in [3.8, 4) is 11.6 Å². The van der Waals surface area contributed by atoms with Crippen molar-refractivity contribution in [2.45, 2.75) is 6.42 Å². The van der Waals surface area contributed by atoms with Crippen molar-refractivity contribution in [2.75, 3.05) is 36.0 Å². The lowest BCUT2D eigenvalue weighted by molar-refractivity contribution is -0.115. The normalized spacial score (nSPS) is 17.4. The van der Waals surface area contributed by atoms with Gasteiger partial charge in [-0.15, -0.1) is 0 Å². The van der Waals surface area contributed by atoms with Crippen LogP contribution < -0.4 is 19.9 Å². The van der Waals surface area contributed by atoms with E-state index in [1.54, 1.807) is 12.1 Å². The first-order valence-electron chi connectivity index (χ1n) is 11.8. The van der Waals surface area contributed by atoms with E-state index in [-0.39, 0.29) is 4.91 Å². The molecule has 2 aromatic carbocycles. The Labute approximate surface area is 216 Å². The molecule has 0 unspecified atom stereocenters. The zero-order chi connectivity index (χ0) is 25.2. The predicted octanol–water partition coefficient (Wildman–Crippen LogP) is 4.45. The second-order valence-electron chi connectivity index (χ2n) is 8.49. The van der Waals surface area contributed by atoms with Gasteiger partial charge < -0.3 is 19.0 Å². The zero-order valence-corrected chi connectivity index (χ0v) is 20.5. The molecular weight excluding hydrogens is 492 g/mol. The maximum Gasteiger partial charge on any atom is 0.298 e. The molecule has 0 spiro atoms. The van der Waals surface area contributed by atoms with Gasteiger partial charge in [-0.05, 0) is 48.5 Å². The Kier molecular flexibility index (Phi) is 6.19. The number of rotatable bonds is 5. The van der Waals surface area contributed by atoms with E-state index in [2.05, 4.69) is 25.1 Å². The summed E-state index contributed by atoms with van der Waals surface area (Å²) < 4.78 is 12.0. The van der Waals surface area contributed by atoms with Gasteiger partial charge in [0, 0.05) is 32.2 Å². The van der Waals surface area contributed by atoms with Crippen LogP contribution >= 0.6 is 11.8 Å². The highest BCUT2D eigenvalue weighted by atomic mass is 32.2. The van der Waals surface area contributed by atoms with Crippen LogP contribution in [0.15, 0.2) is 70.0 Å². The Hall–Kier alpha value is -4.38. The molecule has 2 aromatic heterocycles. The van der Waals surface area contributed by atoms with Crippen molar-refractivity contribution in [1.82, 2.24) is 20.3 Å². The minimum atomic E-state index is -0.440. The summed E-state index contributed by atoms with van der Waals surface area (Å²) in [6.45, 7) is 2.80. The minimum Gasteiger partial charge on any atom is -0.439 e. The lowest BCUT2D eigenvalue weighted by atomic mass is 10.3. The molecule has 2 saturated heterocycles. The van der Waals surface area contributed by atoms with Crippen molar-refractivity contribution in [1.29, 1.82) is 0 Å². The van der Waals surface area contributed by atoms with Crippen LogP contribution in [-0.4, -0.2) is 52.3 Å². The highest BCUT2D eigenvalue weighted by molar-refractivity contribution is 8.18. The van der Waals surface area contributed by atoms with Crippen LogP contribution in [0.1, 0.15) is 12.1 Å². The molecule has 0 radical (unpaired) electrons. The van der Waals surface area contributed by atoms with E-state index >= 15 is 0 Å². The van der Waals surface area contributed by atoms with Gasteiger partial charge >= 0.3 is 0 Å². The van der Waals surface area contributed by atoms with Crippen molar-refractivity contribution in [3.63, 3.8) is 0 Å². The number of amides is 2. The molecule has 1 N–H and O–H groups in total. The third-order valence-electron chi connectivity index (χ3n) is 5.93. The molecule has 4 heterocycles. The van der Waals surface area contributed by atoms with E-state index in [1.165, 1.54) is 0 Å². The second kappa shape index (κ2) is 9.94. The molecule has 4 aromatic rings. The number of hydrogen-bond acceptors (Lipinski definition) is 10. The molecule has 0 atom stereocenters. The number of imide groups is 1. The van der Waals surface area contributed by atoms with Gasteiger partial charge in [-0.25, -0.2) is 4.98 Å². The van der Waals surface area contributed by atoms with Gasteiger partial charge in [0.15, 0.2) is 5.58 Å². The standard InChI is InChI=1S/C26H22N6O4S/c33-23-21(37-26(34)30-23)15-17-16-22(35-18-7-2-1-3-8-18)29-24(27-17)31-11-6-12-32(14-13-31)25-28-19-9-4-5-10-20(19)36-25/h1-5,7-10,15-16H,6,11-14H2,(H,30,33,34)/b21-15-. The maximum absolute atomic E-state index is 12.1. The number of aromatic nitrogens is 3. The van der Waals surface area contributed by atoms with E-state index in [4.69, 9.17) is 14.1 Å². The van der Waals surface area contributed by atoms with Crippen LogP contribution in [0.3, 0.4) is 0 Å². The topological polar surface area (TPSA) is 114 Å². The monoisotopic (exact) mass is 514 g/mol. The number of para-hydroxylation sites is 3. The van der Waals surface area contributed by atoms with E-state index in [9.17, 15) is 9.59 Å². The fourth-order valence-corrected chi connectivity index (χ4v) is 4.83. The number of benzene rings is 2. The Balaban J connectivity index is 1.28. The quantitative estimate of drug-likeness (QED) is 0.383. The van der Waals surface area contributed by atoms with Gasteiger partial charge in [0.05, 0.1) is 10.6 Å². The average molecular weight is 515 g/mol. The lowest BCUT2D eigenvalue weighted by Crippen LogP contribution is -2.32. The van der Waals surface area contributed by atoms with Crippen molar-refractivity contribution in [3.05, 3.63) is 71.3 Å². The maximum atomic E-state index is 12.1. The van der Waals surface area contributed by atoms with Crippen LogP contribution in [0.5, 0.6) is 11.6 Å². The van der Waals surface area contributed by atoms with Crippen LogP contribution in [0.2, 0.25) is 0 Å². The van der Waals surface area contributed by atoms with Gasteiger partial charge in [-0.2, -0.15) is 9.97 Å². The Bertz CT molecular complexity index is 1470. The molecule has 10 nitrogen and oxygen atoms in total. The molecule has 11 heteroatoms. The smallest absolute Gasteiger partial charge is 0.298 e. The van der Waals surface area contributed by atoms with Gasteiger partial charge in [0.1, 0.15) is 11.3 Å². The number of oxazole rings is 1. The van der Waals surface area contributed by atoms with Crippen LogP contribution in [-0.2, 0) is 4.79 Å². The summed E-state index contributed by atoms with van der Waals surface area (Å²) in [4.78, 5) is 42.2. The van der Waals surface area contributed by atoms with Crippen LogP contribution in [0.4, 0.5) is 16.8 Å². The first kappa shape index (κ1) is 23.0. The molecule has 0 saturated carbocycles. The molecular formula is C26H22N6O4S. The summed E-state index contributed by atoms with van der Waals surface area (Å²) in [5.74, 6) is 1.02. The number of ether oxygens (including phenoxy) is 1. The minimum absolute atomic E-state index is 0.276. The van der Waals surface area contributed by atoms with Crippen molar-refractivity contribution >= 4 is 52.0 Å². The molecule has 2 aliphatic heterocycles. The summed E-state index contributed by atoms with van der Waals surface area (Å²) in [7, 11) is 0. The molecule has 186 valence electrons. The number of nitrogens with zero attached hydrogens (tertiary/aromatic N) is 5.